The van der Waals surface area contributed by atoms with Crippen LogP contribution in [0.25, 0.3) is 6.08 Å². The Morgan fingerprint density at radius 3 is 2.60 bits per heavy atom. The number of primary amides is 1. The molecule has 4 atom stereocenters. The van der Waals surface area contributed by atoms with Crippen LogP contribution in [0.15, 0.2) is 30.4 Å². The number of carbonyl (C=O) groups is 3. The zero-order chi connectivity index (χ0) is 22.4. The molecule has 0 aliphatic carbocycles. The number of fused-ring (bicyclic) bond motifs is 1. The van der Waals surface area contributed by atoms with Gasteiger partial charge in [-0.15, -0.1) is 0 Å². The summed E-state index contributed by atoms with van der Waals surface area (Å²) in [6.45, 7) is 3.16. The van der Waals surface area contributed by atoms with Gasteiger partial charge in [-0.3, -0.25) is 9.59 Å². The molecule has 1 heterocycles. The van der Waals surface area contributed by atoms with Crippen LogP contribution in [0.2, 0.25) is 0 Å². The molecule has 1 aromatic carbocycles. The Bertz CT molecular complexity index is 878. The normalized spacial score (nSPS) is 27.3. The Morgan fingerprint density at radius 1 is 1.23 bits per heavy atom. The summed E-state index contributed by atoms with van der Waals surface area (Å²) in [6.07, 6.45) is 1.85. The predicted octanol–water partition coefficient (Wildman–Crippen LogP) is 0.735. The van der Waals surface area contributed by atoms with Crippen LogP contribution in [-0.2, 0) is 14.3 Å². The average molecular weight is 418 g/mol. The molecule has 9 heteroatoms. The van der Waals surface area contributed by atoms with E-state index in [1.807, 2.05) is 0 Å². The fraction of sp³-hybridized carbons (Fsp3) is 0.381. The molecule has 0 radical (unpaired) electrons. The molecule has 0 spiro atoms. The number of esters is 1. The minimum atomic E-state index is -1.60. The van der Waals surface area contributed by atoms with Crippen molar-refractivity contribution in [2.75, 3.05) is 11.9 Å². The maximum absolute atomic E-state index is 12.7. The second kappa shape index (κ2) is 10.0. The van der Waals surface area contributed by atoms with Crippen molar-refractivity contribution in [2.45, 2.75) is 38.6 Å². The van der Waals surface area contributed by atoms with Gasteiger partial charge in [0, 0.05) is 17.7 Å². The number of aromatic hydroxyl groups is 1. The number of amides is 1. The molecule has 1 aliphatic heterocycles. The standard InChI is InChI=1S/C21H26N2O7/c1-11-6-7-16(25)20(28)15(24)5-3-4-13-8-14(23-10-18(22)27)9-17(26)19(13)21(29)30-12(11)2/h3-4,6-9,11-12,15,20,23-24,26,28H,5,10H2,1-2H3,(H2,22,27)/b4-3+,7-6+/t11-,12+,15+,20-/m1/s1. The smallest absolute Gasteiger partial charge is 0.342 e. The van der Waals surface area contributed by atoms with Gasteiger partial charge in [0.05, 0.1) is 12.6 Å². The Labute approximate surface area is 173 Å². The number of phenols is 1. The fourth-order valence-electron chi connectivity index (χ4n) is 2.78. The SMILES string of the molecule is C[C@@H]1/C=C/C(=O)[C@H](O)[C@@H](O)C/C=C/c2cc(NCC(N)=O)cc(O)c2C(=O)O[C@H]1C. The highest BCUT2D eigenvalue weighted by Gasteiger charge is 2.25. The molecule has 9 nitrogen and oxygen atoms in total. The number of rotatable bonds is 3. The third-order valence-electron chi connectivity index (χ3n) is 4.75. The van der Waals surface area contributed by atoms with Gasteiger partial charge in [0.2, 0.25) is 5.91 Å². The first-order valence-electron chi connectivity index (χ1n) is 9.45. The van der Waals surface area contributed by atoms with Crippen LogP contribution >= 0.6 is 0 Å². The van der Waals surface area contributed by atoms with Gasteiger partial charge in [-0.25, -0.2) is 4.79 Å². The molecule has 0 saturated heterocycles. The van der Waals surface area contributed by atoms with E-state index in [9.17, 15) is 29.7 Å². The minimum absolute atomic E-state index is 0.0824. The van der Waals surface area contributed by atoms with Crippen LogP contribution in [0.1, 0.15) is 36.2 Å². The molecule has 1 aromatic rings. The molecule has 162 valence electrons. The molecule has 1 aliphatic rings. The van der Waals surface area contributed by atoms with Crippen molar-refractivity contribution < 1.29 is 34.4 Å². The maximum atomic E-state index is 12.7. The highest BCUT2D eigenvalue weighted by Crippen LogP contribution is 2.29. The largest absolute Gasteiger partial charge is 0.507 e. The van der Waals surface area contributed by atoms with E-state index in [1.54, 1.807) is 13.8 Å². The number of ketones is 1. The molecule has 30 heavy (non-hydrogen) atoms. The number of anilines is 1. The molecule has 0 unspecified atom stereocenters. The highest BCUT2D eigenvalue weighted by molar-refractivity contribution is 5.98. The number of nitrogens with one attached hydrogen (secondary N) is 1. The van der Waals surface area contributed by atoms with E-state index in [1.165, 1.54) is 30.4 Å². The van der Waals surface area contributed by atoms with E-state index >= 15 is 0 Å². The number of carbonyl (C=O) groups excluding carboxylic acids is 3. The Hall–Kier alpha value is -3.17. The van der Waals surface area contributed by atoms with Crippen molar-refractivity contribution in [1.29, 1.82) is 0 Å². The lowest BCUT2D eigenvalue weighted by atomic mass is 9.99. The maximum Gasteiger partial charge on any atom is 0.342 e. The third kappa shape index (κ3) is 5.91. The number of hydrogen-bond donors (Lipinski definition) is 5. The van der Waals surface area contributed by atoms with Crippen LogP contribution in [0, 0.1) is 5.92 Å². The zero-order valence-electron chi connectivity index (χ0n) is 16.7. The van der Waals surface area contributed by atoms with Gasteiger partial charge >= 0.3 is 5.97 Å². The van der Waals surface area contributed by atoms with Gasteiger partial charge < -0.3 is 31.1 Å². The lowest BCUT2D eigenvalue weighted by molar-refractivity contribution is -0.127. The summed E-state index contributed by atoms with van der Waals surface area (Å²) < 4.78 is 5.43. The first-order chi connectivity index (χ1) is 14.1. The van der Waals surface area contributed by atoms with Crippen molar-refractivity contribution in [2.24, 2.45) is 11.7 Å². The summed E-state index contributed by atoms with van der Waals surface area (Å²) in [4.78, 5) is 35.7. The first kappa shape index (κ1) is 23.1. The van der Waals surface area contributed by atoms with Crippen molar-refractivity contribution in [1.82, 2.24) is 0 Å². The molecular formula is C21H26N2O7. The summed E-state index contributed by atoms with van der Waals surface area (Å²) in [7, 11) is 0. The first-order valence-corrected chi connectivity index (χ1v) is 9.45. The lowest BCUT2D eigenvalue weighted by Crippen LogP contribution is -2.32. The van der Waals surface area contributed by atoms with E-state index in [0.29, 0.717) is 5.69 Å². The number of phenolic OH excluding ortho intramolecular Hbond substituents is 1. The van der Waals surface area contributed by atoms with Gasteiger partial charge in [-0.2, -0.15) is 0 Å². The summed E-state index contributed by atoms with van der Waals surface area (Å²) >= 11 is 0. The number of nitrogens with two attached hydrogens (primary N) is 1. The second-order valence-electron chi connectivity index (χ2n) is 7.16. The molecule has 0 fully saturated rings. The topological polar surface area (TPSA) is 159 Å². The van der Waals surface area contributed by atoms with Crippen molar-refractivity contribution in [3.63, 3.8) is 0 Å². The Kier molecular flexibility index (Phi) is 7.73. The number of benzene rings is 1. The molecule has 0 bridgehead atoms. The average Bonchev–Trinajstić information content (AvgIpc) is 2.68. The molecule has 1 amide bonds. The minimum Gasteiger partial charge on any atom is -0.507 e. The Balaban J connectivity index is 2.48. The number of aliphatic hydroxyl groups excluding tert-OH is 2. The third-order valence-corrected chi connectivity index (χ3v) is 4.75. The van der Waals surface area contributed by atoms with Crippen molar-refractivity contribution >= 4 is 29.4 Å². The quantitative estimate of drug-likeness (QED) is 0.449. The van der Waals surface area contributed by atoms with Gasteiger partial charge in [0.15, 0.2) is 5.78 Å². The second-order valence-corrected chi connectivity index (χ2v) is 7.16. The molecule has 0 aromatic heterocycles. The summed E-state index contributed by atoms with van der Waals surface area (Å²) in [5, 5.41) is 33.2. The molecule has 0 saturated carbocycles. The number of hydrogen-bond acceptors (Lipinski definition) is 8. The van der Waals surface area contributed by atoms with E-state index in [0.717, 1.165) is 6.08 Å². The zero-order valence-corrected chi connectivity index (χ0v) is 16.7. The molecular weight excluding hydrogens is 392 g/mol. The van der Waals surface area contributed by atoms with Crippen LogP contribution in [0.3, 0.4) is 0 Å². The van der Waals surface area contributed by atoms with E-state index in [2.05, 4.69) is 5.32 Å². The van der Waals surface area contributed by atoms with Crippen LogP contribution < -0.4 is 11.1 Å². The van der Waals surface area contributed by atoms with Crippen LogP contribution in [-0.4, -0.2) is 57.8 Å². The van der Waals surface area contributed by atoms with Gasteiger partial charge in [0.25, 0.3) is 0 Å². The predicted molar refractivity (Wildman–Crippen MR) is 110 cm³/mol. The van der Waals surface area contributed by atoms with E-state index in [-0.39, 0.29) is 35.8 Å². The van der Waals surface area contributed by atoms with Gasteiger partial charge in [0.1, 0.15) is 23.5 Å². The van der Waals surface area contributed by atoms with Crippen LogP contribution in [0.5, 0.6) is 5.75 Å². The highest BCUT2D eigenvalue weighted by atomic mass is 16.5. The summed E-state index contributed by atoms with van der Waals surface area (Å²) in [5.74, 6) is -2.78. The summed E-state index contributed by atoms with van der Waals surface area (Å²) in [6, 6.07) is 2.77. The lowest BCUT2D eigenvalue weighted by Gasteiger charge is -2.20. The number of ether oxygens (including phenoxy) is 1. The van der Waals surface area contributed by atoms with Gasteiger partial charge in [-0.1, -0.05) is 25.2 Å². The summed E-state index contributed by atoms with van der Waals surface area (Å²) in [5.41, 5.74) is 5.61. The van der Waals surface area contributed by atoms with E-state index in [4.69, 9.17) is 10.5 Å². The molecule has 2 rings (SSSR count). The number of cyclic esters (lactones) is 1. The van der Waals surface area contributed by atoms with Crippen molar-refractivity contribution in [3.05, 3.63) is 41.5 Å². The number of aliphatic hydroxyl groups is 2. The fourth-order valence-corrected chi connectivity index (χ4v) is 2.78. The van der Waals surface area contributed by atoms with E-state index < -0.39 is 36.0 Å². The van der Waals surface area contributed by atoms with Crippen LogP contribution in [0.4, 0.5) is 5.69 Å². The molecule has 6 N–H and O–H groups in total. The Morgan fingerprint density at radius 2 is 1.93 bits per heavy atom. The van der Waals surface area contributed by atoms with Gasteiger partial charge in [-0.05, 0) is 31.1 Å². The van der Waals surface area contributed by atoms with Crippen molar-refractivity contribution in [3.8, 4) is 5.75 Å². The monoisotopic (exact) mass is 418 g/mol.